The maximum atomic E-state index is 8.78. The minimum Gasteiger partial charge on any atom is -0.409 e. The molecule has 18 heavy (non-hydrogen) atoms. The van der Waals surface area contributed by atoms with Gasteiger partial charge in [0, 0.05) is 25.5 Å². The molecule has 0 amide bonds. The Kier molecular flexibility index (Phi) is 3.96. The number of anilines is 1. The number of amidine groups is 1. The molecule has 0 aromatic carbocycles. The third-order valence-electron chi connectivity index (χ3n) is 3.49. The van der Waals surface area contributed by atoms with E-state index in [4.69, 9.17) is 10.9 Å². The highest BCUT2D eigenvalue weighted by molar-refractivity contribution is 5.99. The van der Waals surface area contributed by atoms with Gasteiger partial charge in [0.1, 0.15) is 0 Å². The summed E-state index contributed by atoms with van der Waals surface area (Å²) in [6.07, 6.45) is 9.28. The zero-order chi connectivity index (χ0) is 13.0. The highest BCUT2D eigenvalue weighted by atomic mass is 16.4. The molecule has 0 unspecified atom stereocenters. The van der Waals surface area contributed by atoms with Gasteiger partial charge in [0.05, 0.1) is 0 Å². The van der Waals surface area contributed by atoms with Gasteiger partial charge >= 0.3 is 0 Å². The summed E-state index contributed by atoms with van der Waals surface area (Å²) in [5.74, 6) is 0.681. The lowest BCUT2D eigenvalue weighted by molar-refractivity contribution is 0.318. The van der Waals surface area contributed by atoms with Crippen molar-refractivity contribution < 1.29 is 5.21 Å². The molecule has 2 rings (SSSR count). The number of rotatable bonds is 3. The fourth-order valence-corrected chi connectivity index (χ4v) is 2.46. The molecule has 1 fully saturated rings. The van der Waals surface area contributed by atoms with Crippen molar-refractivity contribution in [2.45, 2.75) is 38.1 Å². The van der Waals surface area contributed by atoms with Gasteiger partial charge in [-0.05, 0) is 12.8 Å². The maximum absolute atomic E-state index is 8.78. The van der Waals surface area contributed by atoms with Crippen LogP contribution in [0.5, 0.6) is 0 Å². The van der Waals surface area contributed by atoms with Crippen molar-refractivity contribution in [3.63, 3.8) is 0 Å². The zero-order valence-electron chi connectivity index (χ0n) is 10.6. The Bertz CT molecular complexity index is 428. The Hall–Kier alpha value is -1.85. The zero-order valence-corrected chi connectivity index (χ0v) is 10.6. The number of aromatic nitrogens is 2. The predicted octanol–water partition coefficient (Wildman–Crippen LogP) is 1.34. The molecule has 6 nitrogen and oxygen atoms in total. The van der Waals surface area contributed by atoms with Gasteiger partial charge in [-0.25, -0.2) is 9.97 Å². The van der Waals surface area contributed by atoms with Gasteiger partial charge in [-0.15, -0.1) is 0 Å². The molecule has 1 aromatic rings. The topological polar surface area (TPSA) is 87.6 Å². The summed E-state index contributed by atoms with van der Waals surface area (Å²) in [5, 5.41) is 11.8. The van der Waals surface area contributed by atoms with E-state index in [9.17, 15) is 0 Å². The number of hydrogen-bond donors (Lipinski definition) is 2. The average molecular weight is 249 g/mol. The quantitative estimate of drug-likeness (QED) is 0.365. The first-order valence-corrected chi connectivity index (χ1v) is 6.25. The highest BCUT2D eigenvalue weighted by Gasteiger charge is 2.22. The maximum Gasteiger partial charge on any atom is 0.192 e. The first-order chi connectivity index (χ1) is 8.74. The third-order valence-corrected chi connectivity index (χ3v) is 3.49. The summed E-state index contributed by atoms with van der Waals surface area (Å²) in [7, 11) is 1.99. The molecule has 0 bridgehead atoms. The van der Waals surface area contributed by atoms with E-state index in [0.717, 1.165) is 12.8 Å². The normalized spacial score (nSPS) is 17.7. The smallest absolute Gasteiger partial charge is 0.192 e. The fraction of sp³-hybridized carbons (Fsp3) is 0.583. The molecular formula is C12H19N5O. The Balaban J connectivity index is 2.26. The summed E-state index contributed by atoms with van der Waals surface area (Å²) < 4.78 is 0. The van der Waals surface area contributed by atoms with Gasteiger partial charge in [0.2, 0.25) is 0 Å². The molecule has 0 aliphatic heterocycles. The minimum absolute atomic E-state index is 0.000703. The third kappa shape index (κ3) is 2.52. The van der Waals surface area contributed by atoms with Crippen LogP contribution in [0.4, 0.5) is 5.82 Å². The molecule has 1 aliphatic rings. The van der Waals surface area contributed by atoms with Gasteiger partial charge in [0.15, 0.2) is 17.3 Å². The van der Waals surface area contributed by atoms with Crippen LogP contribution < -0.4 is 10.6 Å². The summed E-state index contributed by atoms with van der Waals surface area (Å²) >= 11 is 0. The van der Waals surface area contributed by atoms with E-state index in [1.807, 2.05) is 7.05 Å². The van der Waals surface area contributed by atoms with Gasteiger partial charge in [0.25, 0.3) is 0 Å². The Morgan fingerprint density at radius 2 is 2.00 bits per heavy atom. The first-order valence-electron chi connectivity index (χ1n) is 6.25. The van der Waals surface area contributed by atoms with Crippen molar-refractivity contribution in [2.24, 2.45) is 10.9 Å². The van der Waals surface area contributed by atoms with Crippen LogP contribution in [0.3, 0.4) is 0 Å². The van der Waals surface area contributed by atoms with Crippen molar-refractivity contribution in [2.75, 3.05) is 11.9 Å². The summed E-state index contributed by atoms with van der Waals surface area (Å²) in [5.41, 5.74) is 6.07. The molecule has 0 saturated heterocycles. The van der Waals surface area contributed by atoms with Crippen LogP contribution in [0.25, 0.3) is 0 Å². The lowest BCUT2D eigenvalue weighted by Crippen LogP contribution is -2.36. The van der Waals surface area contributed by atoms with Crippen LogP contribution in [0.15, 0.2) is 17.5 Å². The van der Waals surface area contributed by atoms with Crippen molar-refractivity contribution in [1.29, 1.82) is 0 Å². The molecule has 6 heteroatoms. The van der Waals surface area contributed by atoms with E-state index in [1.165, 1.54) is 19.3 Å². The van der Waals surface area contributed by atoms with Gasteiger partial charge in [-0.2, -0.15) is 0 Å². The van der Waals surface area contributed by atoms with E-state index in [0.29, 0.717) is 17.6 Å². The van der Waals surface area contributed by atoms with Crippen LogP contribution in [0.2, 0.25) is 0 Å². The number of nitrogens with two attached hydrogens (primary N) is 1. The van der Waals surface area contributed by atoms with Crippen molar-refractivity contribution in [3.8, 4) is 0 Å². The second kappa shape index (κ2) is 5.66. The molecular weight excluding hydrogens is 230 g/mol. The van der Waals surface area contributed by atoms with Crippen LogP contribution in [0.1, 0.15) is 37.8 Å². The Morgan fingerprint density at radius 1 is 1.33 bits per heavy atom. The Morgan fingerprint density at radius 3 is 2.67 bits per heavy atom. The highest BCUT2D eigenvalue weighted by Crippen LogP contribution is 2.26. The van der Waals surface area contributed by atoms with Crippen LogP contribution in [0, 0.1) is 0 Å². The number of oxime groups is 1. The van der Waals surface area contributed by atoms with Crippen molar-refractivity contribution in [1.82, 2.24) is 9.97 Å². The van der Waals surface area contributed by atoms with E-state index in [2.05, 4.69) is 20.0 Å². The predicted molar refractivity (Wildman–Crippen MR) is 69.8 cm³/mol. The van der Waals surface area contributed by atoms with E-state index in [1.54, 1.807) is 12.4 Å². The van der Waals surface area contributed by atoms with E-state index in [-0.39, 0.29) is 5.84 Å². The summed E-state index contributed by atoms with van der Waals surface area (Å²) in [4.78, 5) is 10.6. The lowest BCUT2D eigenvalue weighted by atomic mass is 9.94. The second-order valence-electron chi connectivity index (χ2n) is 4.62. The van der Waals surface area contributed by atoms with Crippen molar-refractivity contribution in [3.05, 3.63) is 18.1 Å². The van der Waals surface area contributed by atoms with Gasteiger partial charge < -0.3 is 15.8 Å². The second-order valence-corrected chi connectivity index (χ2v) is 4.62. The first kappa shape index (κ1) is 12.6. The molecule has 1 heterocycles. The van der Waals surface area contributed by atoms with E-state index >= 15 is 0 Å². The van der Waals surface area contributed by atoms with E-state index < -0.39 is 0 Å². The molecule has 0 radical (unpaired) electrons. The molecule has 0 atom stereocenters. The molecule has 1 aliphatic carbocycles. The number of hydrogen-bond acceptors (Lipinski definition) is 5. The number of nitrogens with zero attached hydrogens (tertiary/aromatic N) is 4. The van der Waals surface area contributed by atoms with Crippen LogP contribution in [-0.2, 0) is 0 Å². The minimum atomic E-state index is 0.000703. The molecule has 1 aromatic heterocycles. The molecule has 0 spiro atoms. The standard InChI is InChI=1S/C12H19N5O/c1-17(9-5-3-2-4-6-9)12-10(11(13)16-18)14-7-8-15-12/h7-9,18H,2-6H2,1H3,(H2,13,16). The lowest BCUT2D eigenvalue weighted by Gasteiger charge is -2.32. The van der Waals surface area contributed by atoms with Crippen LogP contribution in [-0.4, -0.2) is 34.1 Å². The van der Waals surface area contributed by atoms with Crippen LogP contribution >= 0.6 is 0 Å². The molecule has 1 saturated carbocycles. The summed E-state index contributed by atoms with van der Waals surface area (Å²) in [6.45, 7) is 0. The van der Waals surface area contributed by atoms with Gasteiger partial charge in [-0.3, -0.25) is 0 Å². The fourth-order valence-electron chi connectivity index (χ4n) is 2.46. The molecule has 98 valence electrons. The Labute approximate surface area is 107 Å². The monoisotopic (exact) mass is 249 g/mol. The van der Waals surface area contributed by atoms with Gasteiger partial charge in [-0.1, -0.05) is 24.4 Å². The summed E-state index contributed by atoms with van der Waals surface area (Å²) in [6, 6.07) is 0.459. The largest absolute Gasteiger partial charge is 0.409 e. The SMILES string of the molecule is CN(c1nccnc1/C(N)=N/O)C1CCCCC1. The molecule has 3 N–H and O–H groups in total. The van der Waals surface area contributed by atoms with Crippen molar-refractivity contribution >= 4 is 11.7 Å². The average Bonchev–Trinajstić information content (AvgIpc) is 2.46.